The average molecular weight is 375 g/mol. The number of benzene rings is 2. The SMILES string of the molecule is O=C(Nc1ccc(CCCl)cc1)c1c(F)cc(Br)cc1F. The van der Waals surface area contributed by atoms with Gasteiger partial charge < -0.3 is 5.32 Å². The molecule has 2 rings (SSSR count). The van der Waals surface area contributed by atoms with E-state index in [1.807, 2.05) is 0 Å². The Kier molecular flexibility index (Phi) is 5.31. The van der Waals surface area contributed by atoms with E-state index in [0.717, 1.165) is 17.7 Å². The van der Waals surface area contributed by atoms with Crippen LogP contribution in [0.3, 0.4) is 0 Å². The van der Waals surface area contributed by atoms with Crippen molar-refractivity contribution in [1.82, 2.24) is 0 Å². The minimum Gasteiger partial charge on any atom is -0.322 e. The van der Waals surface area contributed by atoms with Gasteiger partial charge in [0, 0.05) is 16.0 Å². The van der Waals surface area contributed by atoms with Crippen LogP contribution in [-0.2, 0) is 6.42 Å². The highest BCUT2D eigenvalue weighted by atomic mass is 79.9. The second-order valence-corrected chi connectivity index (χ2v) is 5.63. The molecule has 0 fully saturated rings. The van der Waals surface area contributed by atoms with Gasteiger partial charge in [0.25, 0.3) is 5.91 Å². The van der Waals surface area contributed by atoms with Gasteiger partial charge in [-0.05, 0) is 36.2 Å². The van der Waals surface area contributed by atoms with Crippen LogP contribution < -0.4 is 5.32 Å². The van der Waals surface area contributed by atoms with Gasteiger partial charge in [-0.3, -0.25) is 4.79 Å². The third kappa shape index (κ3) is 4.02. The molecule has 0 aromatic heterocycles. The number of amides is 1. The van der Waals surface area contributed by atoms with Crippen molar-refractivity contribution in [1.29, 1.82) is 0 Å². The Morgan fingerprint density at radius 3 is 2.24 bits per heavy atom. The highest BCUT2D eigenvalue weighted by Crippen LogP contribution is 2.21. The van der Waals surface area contributed by atoms with E-state index in [9.17, 15) is 13.6 Å². The van der Waals surface area contributed by atoms with Crippen molar-refractivity contribution < 1.29 is 13.6 Å². The smallest absolute Gasteiger partial charge is 0.261 e. The zero-order chi connectivity index (χ0) is 15.4. The van der Waals surface area contributed by atoms with E-state index >= 15 is 0 Å². The van der Waals surface area contributed by atoms with Crippen LogP contribution in [0.2, 0.25) is 0 Å². The maximum absolute atomic E-state index is 13.7. The lowest BCUT2D eigenvalue weighted by atomic mass is 10.1. The second-order valence-electron chi connectivity index (χ2n) is 4.33. The molecule has 6 heteroatoms. The van der Waals surface area contributed by atoms with Crippen molar-refractivity contribution in [2.24, 2.45) is 0 Å². The van der Waals surface area contributed by atoms with Crippen LogP contribution in [0, 0.1) is 11.6 Å². The lowest BCUT2D eigenvalue weighted by Crippen LogP contribution is -2.16. The minimum absolute atomic E-state index is 0.236. The van der Waals surface area contributed by atoms with E-state index in [1.165, 1.54) is 0 Å². The van der Waals surface area contributed by atoms with Crippen molar-refractivity contribution >= 4 is 39.1 Å². The molecule has 0 saturated heterocycles. The number of hydrogen-bond donors (Lipinski definition) is 1. The van der Waals surface area contributed by atoms with Gasteiger partial charge in [-0.1, -0.05) is 28.1 Å². The number of carbonyl (C=O) groups is 1. The monoisotopic (exact) mass is 373 g/mol. The van der Waals surface area contributed by atoms with Crippen molar-refractivity contribution in [2.75, 3.05) is 11.2 Å². The maximum atomic E-state index is 13.7. The molecule has 0 bridgehead atoms. The fourth-order valence-corrected chi connectivity index (χ4v) is 2.44. The number of rotatable bonds is 4. The highest BCUT2D eigenvalue weighted by molar-refractivity contribution is 9.10. The van der Waals surface area contributed by atoms with Gasteiger partial charge in [0.2, 0.25) is 0 Å². The van der Waals surface area contributed by atoms with Crippen LogP contribution in [0.1, 0.15) is 15.9 Å². The molecule has 110 valence electrons. The Morgan fingerprint density at radius 1 is 1.14 bits per heavy atom. The summed E-state index contributed by atoms with van der Waals surface area (Å²) in [5, 5.41) is 2.46. The number of anilines is 1. The highest BCUT2D eigenvalue weighted by Gasteiger charge is 2.18. The summed E-state index contributed by atoms with van der Waals surface area (Å²) < 4.78 is 27.6. The van der Waals surface area contributed by atoms with Crippen LogP contribution in [0.5, 0.6) is 0 Å². The molecule has 0 saturated carbocycles. The summed E-state index contributed by atoms with van der Waals surface area (Å²) in [5.41, 5.74) is 0.868. The predicted molar refractivity (Wildman–Crippen MR) is 82.9 cm³/mol. The van der Waals surface area contributed by atoms with E-state index in [0.29, 0.717) is 18.0 Å². The van der Waals surface area contributed by atoms with Gasteiger partial charge in [-0.2, -0.15) is 0 Å². The quantitative estimate of drug-likeness (QED) is 0.768. The second kappa shape index (κ2) is 7.00. The first kappa shape index (κ1) is 15.9. The number of halogens is 4. The van der Waals surface area contributed by atoms with Crippen LogP contribution in [-0.4, -0.2) is 11.8 Å². The first-order valence-electron chi connectivity index (χ1n) is 6.12. The minimum atomic E-state index is -0.918. The summed E-state index contributed by atoms with van der Waals surface area (Å²) in [4.78, 5) is 12.0. The zero-order valence-electron chi connectivity index (χ0n) is 10.8. The van der Waals surface area contributed by atoms with Crippen LogP contribution in [0.15, 0.2) is 40.9 Å². The molecule has 0 radical (unpaired) electrons. The van der Waals surface area contributed by atoms with Gasteiger partial charge >= 0.3 is 0 Å². The molecule has 21 heavy (non-hydrogen) atoms. The first-order valence-corrected chi connectivity index (χ1v) is 7.45. The maximum Gasteiger partial charge on any atom is 0.261 e. The Labute approximate surface area is 134 Å². The number of carbonyl (C=O) groups excluding carboxylic acids is 1. The van der Waals surface area contributed by atoms with Crippen LogP contribution in [0.4, 0.5) is 14.5 Å². The molecule has 0 heterocycles. The van der Waals surface area contributed by atoms with Crippen molar-refractivity contribution in [3.8, 4) is 0 Å². The molecular formula is C15H11BrClF2NO. The van der Waals surface area contributed by atoms with Gasteiger partial charge in [0.1, 0.15) is 17.2 Å². The number of nitrogens with one attached hydrogen (secondary N) is 1. The van der Waals surface area contributed by atoms with Crippen LogP contribution in [0.25, 0.3) is 0 Å². The molecular weight excluding hydrogens is 364 g/mol. The van der Waals surface area contributed by atoms with Crippen molar-refractivity contribution in [3.05, 3.63) is 63.6 Å². The number of alkyl halides is 1. The third-order valence-electron chi connectivity index (χ3n) is 2.83. The predicted octanol–water partition coefficient (Wildman–Crippen LogP) is 4.76. The summed E-state index contributed by atoms with van der Waals surface area (Å²) in [5.74, 6) is -2.17. The van der Waals surface area contributed by atoms with E-state index in [-0.39, 0.29) is 4.47 Å². The number of aryl methyl sites for hydroxylation is 1. The zero-order valence-corrected chi connectivity index (χ0v) is 13.1. The Morgan fingerprint density at radius 2 is 1.71 bits per heavy atom. The summed E-state index contributed by atoms with van der Waals surface area (Å²) >= 11 is 8.59. The lowest BCUT2D eigenvalue weighted by Gasteiger charge is -2.08. The molecule has 2 aromatic rings. The summed E-state index contributed by atoms with van der Waals surface area (Å²) in [6.45, 7) is 0. The summed E-state index contributed by atoms with van der Waals surface area (Å²) in [6.07, 6.45) is 0.714. The first-order chi connectivity index (χ1) is 10.0. The van der Waals surface area contributed by atoms with Gasteiger partial charge in [-0.15, -0.1) is 11.6 Å². The molecule has 2 aromatic carbocycles. The average Bonchev–Trinajstić information content (AvgIpc) is 2.40. The Bertz CT molecular complexity index is 638. The van der Waals surface area contributed by atoms with Gasteiger partial charge in [-0.25, -0.2) is 8.78 Å². The molecule has 1 amide bonds. The third-order valence-corrected chi connectivity index (χ3v) is 3.48. The van der Waals surface area contributed by atoms with Crippen molar-refractivity contribution in [2.45, 2.75) is 6.42 Å². The fraction of sp³-hybridized carbons (Fsp3) is 0.133. The van der Waals surface area contributed by atoms with Gasteiger partial charge in [0.15, 0.2) is 0 Å². The largest absolute Gasteiger partial charge is 0.322 e. The summed E-state index contributed by atoms with van der Waals surface area (Å²) in [7, 11) is 0. The molecule has 1 N–H and O–H groups in total. The molecule has 0 atom stereocenters. The lowest BCUT2D eigenvalue weighted by molar-refractivity contribution is 0.101. The van der Waals surface area contributed by atoms with E-state index < -0.39 is 23.1 Å². The molecule has 0 aliphatic rings. The standard InChI is InChI=1S/C15H11BrClF2NO/c16-10-7-12(18)14(13(19)8-10)15(21)20-11-3-1-9(2-4-11)5-6-17/h1-4,7-8H,5-6H2,(H,20,21). The van der Waals surface area contributed by atoms with E-state index in [2.05, 4.69) is 21.2 Å². The van der Waals surface area contributed by atoms with Crippen molar-refractivity contribution in [3.63, 3.8) is 0 Å². The van der Waals surface area contributed by atoms with E-state index in [4.69, 9.17) is 11.6 Å². The Hall–Kier alpha value is -1.46. The van der Waals surface area contributed by atoms with Crippen LogP contribution >= 0.6 is 27.5 Å². The fourth-order valence-electron chi connectivity index (χ4n) is 1.82. The molecule has 0 unspecified atom stereocenters. The molecule has 0 aliphatic carbocycles. The topological polar surface area (TPSA) is 29.1 Å². The van der Waals surface area contributed by atoms with Gasteiger partial charge in [0.05, 0.1) is 0 Å². The Balaban J connectivity index is 2.18. The number of hydrogen-bond acceptors (Lipinski definition) is 1. The van der Waals surface area contributed by atoms with E-state index in [1.54, 1.807) is 24.3 Å². The molecule has 2 nitrogen and oxygen atoms in total. The molecule has 0 spiro atoms. The summed E-state index contributed by atoms with van der Waals surface area (Å²) in [6, 6.07) is 9.00. The molecule has 0 aliphatic heterocycles. The normalized spacial score (nSPS) is 10.5.